The largest absolute Gasteiger partial charge is 0.385 e. The SMILES string of the molecule is COCCCNCCc1nc2cc(C)c(C)cc2[nH]1. The van der Waals surface area contributed by atoms with Crippen molar-refractivity contribution >= 4 is 11.0 Å². The summed E-state index contributed by atoms with van der Waals surface area (Å²) in [5.74, 6) is 1.05. The first-order valence-corrected chi connectivity index (χ1v) is 6.86. The molecule has 0 saturated heterocycles. The van der Waals surface area contributed by atoms with Crippen LogP contribution in [0, 0.1) is 13.8 Å². The number of imidazole rings is 1. The molecule has 1 heterocycles. The Hall–Kier alpha value is -1.39. The number of hydrogen-bond donors (Lipinski definition) is 2. The number of H-pyrrole nitrogens is 1. The van der Waals surface area contributed by atoms with Crippen LogP contribution in [0.2, 0.25) is 0 Å². The van der Waals surface area contributed by atoms with Crippen LogP contribution in [-0.2, 0) is 11.2 Å². The molecule has 0 aliphatic rings. The number of aryl methyl sites for hydroxylation is 2. The summed E-state index contributed by atoms with van der Waals surface area (Å²) < 4.78 is 5.01. The van der Waals surface area contributed by atoms with Crippen molar-refractivity contribution in [3.63, 3.8) is 0 Å². The minimum Gasteiger partial charge on any atom is -0.385 e. The lowest BCUT2D eigenvalue weighted by atomic mass is 10.1. The van der Waals surface area contributed by atoms with Gasteiger partial charge in [0, 0.05) is 26.7 Å². The van der Waals surface area contributed by atoms with Gasteiger partial charge >= 0.3 is 0 Å². The molecule has 0 amide bonds. The van der Waals surface area contributed by atoms with E-state index < -0.39 is 0 Å². The Kier molecular flexibility index (Phi) is 4.93. The van der Waals surface area contributed by atoms with Gasteiger partial charge in [-0.2, -0.15) is 0 Å². The molecule has 2 aromatic rings. The second-order valence-electron chi connectivity index (χ2n) is 4.98. The first-order valence-electron chi connectivity index (χ1n) is 6.86. The molecule has 0 aliphatic carbocycles. The lowest BCUT2D eigenvalue weighted by Gasteiger charge is -2.02. The molecular weight excluding hydrogens is 238 g/mol. The molecule has 0 radical (unpaired) electrons. The van der Waals surface area contributed by atoms with Crippen LogP contribution < -0.4 is 5.32 Å². The van der Waals surface area contributed by atoms with E-state index in [0.29, 0.717) is 0 Å². The number of benzene rings is 1. The molecule has 0 saturated carbocycles. The highest BCUT2D eigenvalue weighted by Gasteiger charge is 2.04. The van der Waals surface area contributed by atoms with Gasteiger partial charge in [-0.25, -0.2) is 4.98 Å². The van der Waals surface area contributed by atoms with Crippen LogP contribution in [0.25, 0.3) is 11.0 Å². The van der Waals surface area contributed by atoms with Crippen LogP contribution in [0.3, 0.4) is 0 Å². The van der Waals surface area contributed by atoms with E-state index in [1.165, 1.54) is 11.1 Å². The summed E-state index contributed by atoms with van der Waals surface area (Å²) in [5.41, 5.74) is 4.80. The molecule has 0 fully saturated rings. The number of methoxy groups -OCH3 is 1. The van der Waals surface area contributed by atoms with Gasteiger partial charge in [-0.1, -0.05) is 0 Å². The van der Waals surface area contributed by atoms with E-state index >= 15 is 0 Å². The summed E-state index contributed by atoms with van der Waals surface area (Å²) in [6, 6.07) is 4.32. The van der Waals surface area contributed by atoms with Crippen LogP contribution in [0.4, 0.5) is 0 Å². The van der Waals surface area contributed by atoms with Crippen molar-refractivity contribution in [2.75, 3.05) is 26.8 Å². The van der Waals surface area contributed by atoms with Crippen molar-refractivity contribution in [2.45, 2.75) is 26.7 Å². The van der Waals surface area contributed by atoms with Crippen molar-refractivity contribution in [1.82, 2.24) is 15.3 Å². The Morgan fingerprint density at radius 2 is 2.00 bits per heavy atom. The molecule has 4 heteroatoms. The van der Waals surface area contributed by atoms with Gasteiger partial charge in [-0.3, -0.25) is 0 Å². The quantitative estimate of drug-likeness (QED) is 0.752. The van der Waals surface area contributed by atoms with Crippen molar-refractivity contribution in [2.24, 2.45) is 0 Å². The van der Waals surface area contributed by atoms with E-state index in [1.807, 2.05) is 0 Å². The van der Waals surface area contributed by atoms with Gasteiger partial charge in [-0.05, 0) is 50.1 Å². The normalized spacial score (nSPS) is 11.3. The molecule has 0 atom stereocenters. The Labute approximate surface area is 114 Å². The van der Waals surface area contributed by atoms with Crippen LogP contribution in [-0.4, -0.2) is 36.8 Å². The monoisotopic (exact) mass is 261 g/mol. The minimum absolute atomic E-state index is 0.816. The first kappa shape index (κ1) is 14.0. The number of fused-ring (bicyclic) bond motifs is 1. The van der Waals surface area contributed by atoms with Gasteiger partial charge in [0.05, 0.1) is 11.0 Å². The highest BCUT2D eigenvalue weighted by molar-refractivity contribution is 5.77. The molecule has 0 spiro atoms. The highest BCUT2D eigenvalue weighted by atomic mass is 16.5. The van der Waals surface area contributed by atoms with E-state index in [1.54, 1.807) is 7.11 Å². The van der Waals surface area contributed by atoms with Crippen molar-refractivity contribution < 1.29 is 4.74 Å². The molecule has 0 aliphatic heterocycles. The Balaban J connectivity index is 1.87. The Morgan fingerprint density at radius 1 is 1.21 bits per heavy atom. The highest BCUT2D eigenvalue weighted by Crippen LogP contribution is 2.17. The van der Waals surface area contributed by atoms with Gasteiger partial charge in [-0.15, -0.1) is 0 Å². The van der Waals surface area contributed by atoms with E-state index in [2.05, 4.69) is 41.3 Å². The summed E-state index contributed by atoms with van der Waals surface area (Å²) in [6.45, 7) is 7.01. The molecule has 2 rings (SSSR count). The van der Waals surface area contributed by atoms with E-state index in [4.69, 9.17) is 4.74 Å². The molecule has 0 bridgehead atoms. The van der Waals surface area contributed by atoms with Crippen LogP contribution in [0.1, 0.15) is 23.4 Å². The maximum atomic E-state index is 5.01. The predicted octanol–water partition coefficient (Wildman–Crippen LogP) is 2.35. The third-order valence-electron chi connectivity index (χ3n) is 3.39. The molecule has 1 aromatic heterocycles. The van der Waals surface area contributed by atoms with Crippen LogP contribution in [0.15, 0.2) is 12.1 Å². The van der Waals surface area contributed by atoms with Crippen molar-refractivity contribution in [3.8, 4) is 0 Å². The molecule has 1 aromatic carbocycles. The third-order valence-corrected chi connectivity index (χ3v) is 3.39. The van der Waals surface area contributed by atoms with Gasteiger partial charge in [0.1, 0.15) is 5.82 Å². The molecule has 104 valence electrons. The Morgan fingerprint density at radius 3 is 2.79 bits per heavy atom. The minimum atomic E-state index is 0.816. The number of nitrogens with one attached hydrogen (secondary N) is 2. The fourth-order valence-corrected chi connectivity index (χ4v) is 2.11. The zero-order chi connectivity index (χ0) is 13.7. The number of aromatic amines is 1. The number of ether oxygens (including phenoxy) is 1. The fourth-order valence-electron chi connectivity index (χ4n) is 2.11. The average molecular weight is 261 g/mol. The summed E-state index contributed by atoms with van der Waals surface area (Å²) >= 11 is 0. The van der Waals surface area contributed by atoms with Crippen LogP contribution >= 0.6 is 0 Å². The lowest BCUT2D eigenvalue weighted by Crippen LogP contribution is -2.19. The number of aromatic nitrogens is 2. The average Bonchev–Trinajstić information content (AvgIpc) is 2.76. The van der Waals surface area contributed by atoms with E-state index in [9.17, 15) is 0 Å². The zero-order valence-corrected chi connectivity index (χ0v) is 12.0. The number of hydrogen-bond acceptors (Lipinski definition) is 3. The zero-order valence-electron chi connectivity index (χ0n) is 12.0. The van der Waals surface area contributed by atoms with Crippen LogP contribution in [0.5, 0.6) is 0 Å². The molecule has 2 N–H and O–H groups in total. The molecular formula is C15H23N3O. The fraction of sp³-hybridized carbons (Fsp3) is 0.533. The third kappa shape index (κ3) is 3.78. The smallest absolute Gasteiger partial charge is 0.108 e. The summed E-state index contributed by atoms with van der Waals surface area (Å²) in [4.78, 5) is 8.02. The van der Waals surface area contributed by atoms with Gasteiger partial charge in [0.25, 0.3) is 0 Å². The van der Waals surface area contributed by atoms with Crippen molar-refractivity contribution in [3.05, 3.63) is 29.1 Å². The van der Waals surface area contributed by atoms with Crippen molar-refractivity contribution in [1.29, 1.82) is 0 Å². The molecule has 0 unspecified atom stereocenters. The lowest BCUT2D eigenvalue weighted by molar-refractivity contribution is 0.194. The topological polar surface area (TPSA) is 49.9 Å². The molecule has 4 nitrogen and oxygen atoms in total. The Bertz CT molecular complexity index is 494. The van der Waals surface area contributed by atoms with Gasteiger partial charge < -0.3 is 15.0 Å². The maximum absolute atomic E-state index is 5.01. The summed E-state index contributed by atoms with van der Waals surface area (Å²) in [6.07, 6.45) is 1.98. The number of rotatable bonds is 7. The summed E-state index contributed by atoms with van der Waals surface area (Å²) in [5, 5.41) is 3.40. The first-order chi connectivity index (χ1) is 9.20. The second kappa shape index (κ2) is 6.68. The molecule has 19 heavy (non-hydrogen) atoms. The van der Waals surface area contributed by atoms with Gasteiger partial charge in [0.15, 0.2) is 0 Å². The van der Waals surface area contributed by atoms with E-state index in [0.717, 1.165) is 49.4 Å². The standard InChI is InChI=1S/C15H23N3O/c1-11-9-13-14(10-12(11)2)18-15(17-13)5-7-16-6-4-8-19-3/h9-10,16H,4-8H2,1-3H3,(H,17,18). The number of nitrogens with zero attached hydrogens (tertiary/aromatic N) is 1. The second-order valence-corrected chi connectivity index (χ2v) is 4.98. The van der Waals surface area contributed by atoms with E-state index in [-0.39, 0.29) is 0 Å². The van der Waals surface area contributed by atoms with Gasteiger partial charge in [0.2, 0.25) is 0 Å². The predicted molar refractivity (Wildman–Crippen MR) is 78.6 cm³/mol. The summed E-state index contributed by atoms with van der Waals surface area (Å²) in [7, 11) is 1.73. The maximum Gasteiger partial charge on any atom is 0.108 e.